The van der Waals surface area contributed by atoms with Crippen molar-refractivity contribution in [1.29, 1.82) is 0 Å². The zero-order valence-corrected chi connectivity index (χ0v) is 14.1. The molecule has 124 valence electrons. The molecule has 0 unspecified atom stereocenters. The average Bonchev–Trinajstić information content (AvgIpc) is 2.98. The van der Waals surface area contributed by atoms with Crippen molar-refractivity contribution in [2.24, 2.45) is 0 Å². The fourth-order valence-corrected chi connectivity index (χ4v) is 2.85. The van der Waals surface area contributed by atoms with Crippen molar-refractivity contribution in [3.05, 3.63) is 65.9 Å². The van der Waals surface area contributed by atoms with Gasteiger partial charge in [-0.1, -0.05) is 24.3 Å². The van der Waals surface area contributed by atoms with Crippen LogP contribution in [0.5, 0.6) is 0 Å². The molecule has 0 bridgehead atoms. The third kappa shape index (κ3) is 3.14. The molecule has 6 nitrogen and oxygen atoms in total. The van der Waals surface area contributed by atoms with Gasteiger partial charge in [0.2, 0.25) is 5.91 Å². The highest BCUT2D eigenvalue weighted by atomic mass is 16.2. The Morgan fingerprint density at radius 3 is 2.83 bits per heavy atom. The lowest BCUT2D eigenvalue weighted by Gasteiger charge is -2.25. The number of aryl methyl sites for hydroxylation is 1. The van der Waals surface area contributed by atoms with Crippen LogP contribution in [0, 0.1) is 6.92 Å². The number of imidazole rings is 1. The molecule has 0 fully saturated rings. The van der Waals surface area contributed by atoms with Crippen LogP contribution in [0.3, 0.4) is 0 Å². The van der Waals surface area contributed by atoms with E-state index in [4.69, 9.17) is 0 Å². The van der Waals surface area contributed by atoms with Crippen LogP contribution in [-0.2, 0) is 11.3 Å². The Morgan fingerprint density at radius 1 is 1.29 bits per heavy atom. The fraction of sp³-hybridized carbons (Fsp3) is 0.278. The van der Waals surface area contributed by atoms with E-state index in [9.17, 15) is 4.79 Å². The Balaban J connectivity index is 1.78. The first-order valence-electron chi connectivity index (χ1n) is 7.83. The monoisotopic (exact) mass is 323 g/mol. The fourth-order valence-electron chi connectivity index (χ4n) is 2.85. The first-order chi connectivity index (χ1) is 11.6. The summed E-state index contributed by atoms with van der Waals surface area (Å²) in [6.45, 7) is 2.44. The van der Waals surface area contributed by atoms with Gasteiger partial charge in [-0.25, -0.2) is 4.98 Å². The van der Waals surface area contributed by atoms with Crippen LogP contribution < -0.4 is 5.32 Å². The molecular formula is C18H21N5O. The summed E-state index contributed by atoms with van der Waals surface area (Å²) in [6.07, 6.45) is 7.00. The van der Waals surface area contributed by atoms with Gasteiger partial charge in [-0.3, -0.25) is 19.1 Å². The summed E-state index contributed by atoms with van der Waals surface area (Å²) in [5.41, 5.74) is 3.81. The number of hydrogen-bond acceptors (Lipinski definition) is 4. The van der Waals surface area contributed by atoms with Crippen molar-refractivity contribution in [3.63, 3.8) is 0 Å². The first kappa shape index (κ1) is 16.1. The Labute approximate surface area is 141 Å². The second-order valence-electron chi connectivity index (χ2n) is 5.99. The van der Waals surface area contributed by atoms with Gasteiger partial charge in [0.05, 0.1) is 24.6 Å². The topological polar surface area (TPSA) is 62.5 Å². The molecule has 6 heteroatoms. The van der Waals surface area contributed by atoms with Crippen molar-refractivity contribution in [3.8, 4) is 0 Å². The average molecular weight is 323 g/mol. The number of nitrogens with one attached hydrogen (secondary N) is 1. The molecule has 1 atom stereocenters. The number of fused-ring (bicyclic) bond motifs is 1. The van der Waals surface area contributed by atoms with Crippen LogP contribution in [0.25, 0.3) is 5.65 Å². The zero-order chi connectivity index (χ0) is 17.1. The summed E-state index contributed by atoms with van der Waals surface area (Å²) in [5, 5.41) is 3.02. The molecule has 1 amide bonds. The molecule has 1 N–H and O–H groups in total. The number of carbonyl (C=O) groups excluding carboxylic acids is 1. The van der Waals surface area contributed by atoms with Gasteiger partial charge in [0.15, 0.2) is 5.65 Å². The molecule has 1 aromatic carbocycles. The van der Waals surface area contributed by atoms with Crippen LogP contribution >= 0.6 is 0 Å². The van der Waals surface area contributed by atoms with Gasteiger partial charge in [-0.05, 0) is 32.1 Å². The Hall–Kier alpha value is -2.73. The van der Waals surface area contributed by atoms with Crippen molar-refractivity contribution >= 4 is 11.6 Å². The van der Waals surface area contributed by atoms with Crippen molar-refractivity contribution in [2.75, 3.05) is 14.1 Å². The van der Waals surface area contributed by atoms with E-state index in [0.29, 0.717) is 6.54 Å². The Morgan fingerprint density at radius 2 is 2.08 bits per heavy atom. The van der Waals surface area contributed by atoms with Crippen LogP contribution in [0.1, 0.15) is 22.9 Å². The molecular weight excluding hydrogens is 302 g/mol. The standard InChI is InChI=1S/C18H21N5O/c1-13-6-4-5-7-15(13)17(22(2)3)18(24)21-11-14-10-20-16-12-19-8-9-23(14)16/h4-10,12,17H,11H2,1-3H3,(H,21,24)/t17-/m0/s1. The maximum absolute atomic E-state index is 12.8. The predicted molar refractivity (Wildman–Crippen MR) is 92.4 cm³/mol. The molecule has 2 aromatic heterocycles. The lowest BCUT2D eigenvalue weighted by molar-refractivity contribution is -0.126. The maximum Gasteiger partial charge on any atom is 0.242 e. The zero-order valence-electron chi connectivity index (χ0n) is 14.1. The number of benzene rings is 1. The SMILES string of the molecule is Cc1ccccc1[C@@H](C(=O)NCc1cnc2cnccn12)N(C)C. The molecule has 3 rings (SSSR count). The minimum atomic E-state index is -0.327. The minimum Gasteiger partial charge on any atom is -0.349 e. The van der Waals surface area contributed by atoms with Gasteiger partial charge in [0.25, 0.3) is 0 Å². The van der Waals surface area contributed by atoms with Crippen molar-refractivity contribution in [1.82, 2.24) is 24.6 Å². The summed E-state index contributed by atoms with van der Waals surface area (Å²) in [4.78, 5) is 23.0. The van der Waals surface area contributed by atoms with E-state index in [1.54, 1.807) is 18.6 Å². The number of likely N-dealkylation sites (N-methyl/N-ethyl adjacent to an activating group) is 1. The van der Waals surface area contributed by atoms with E-state index >= 15 is 0 Å². The summed E-state index contributed by atoms with van der Waals surface area (Å²) in [6, 6.07) is 7.64. The molecule has 0 aliphatic carbocycles. The summed E-state index contributed by atoms with van der Waals surface area (Å²) < 4.78 is 1.92. The van der Waals surface area contributed by atoms with E-state index in [-0.39, 0.29) is 11.9 Å². The molecule has 2 heterocycles. The summed E-state index contributed by atoms with van der Waals surface area (Å²) in [7, 11) is 3.83. The predicted octanol–water partition coefficient (Wildman–Crippen LogP) is 1.96. The van der Waals surface area contributed by atoms with E-state index in [1.165, 1.54) is 0 Å². The normalized spacial score (nSPS) is 12.5. The maximum atomic E-state index is 12.8. The molecule has 0 saturated carbocycles. The highest BCUT2D eigenvalue weighted by molar-refractivity contribution is 5.83. The molecule has 3 aromatic rings. The second-order valence-corrected chi connectivity index (χ2v) is 5.99. The van der Waals surface area contributed by atoms with Gasteiger partial charge in [-0.2, -0.15) is 0 Å². The number of rotatable bonds is 5. The van der Waals surface area contributed by atoms with Crippen molar-refractivity contribution < 1.29 is 4.79 Å². The first-order valence-corrected chi connectivity index (χ1v) is 7.83. The highest BCUT2D eigenvalue weighted by Crippen LogP contribution is 2.22. The summed E-state index contributed by atoms with van der Waals surface area (Å²) >= 11 is 0. The molecule has 0 saturated heterocycles. The van der Waals surface area contributed by atoms with Crippen LogP contribution in [0.4, 0.5) is 0 Å². The molecule has 0 radical (unpaired) electrons. The van der Waals surface area contributed by atoms with Crippen LogP contribution in [-0.4, -0.2) is 39.3 Å². The third-order valence-corrected chi connectivity index (χ3v) is 4.09. The number of nitrogens with zero attached hydrogens (tertiary/aromatic N) is 4. The Kier molecular flexibility index (Phi) is 4.57. The van der Waals surface area contributed by atoms with E-state index in [1.807, 2.05) is 60.8 Å². The molecule has 24 heavy (non-hydrogen) atoms. The lowest BCUT2D eigenvalue weighted by Crippen LogP contribution is -2.37. The van der Waals surface area contributed by atoms with E-state index in [2.05, 4.69) is 15.3 Å². The van der Waals surface area contributed by atoms with Gasteiger partial charge >= 0.3 is 0 Å². The molecule has 0 aliphatic heterocycles. The number of hydrogen-bond donors (Lipinski definition) is 1. The number of aromatic nitrogens is 3. The number of amides is 1. The third-order valence-electron chi connectivity index (χ3n) is 4.09. The van der Waals surface area contributed by atoms with Gasteiger partial charge in [-0.15, -0.1) is 0 Å². The van der Waals surface area contributed by atoms with E-state index < -0.39 is 0 Å². The Bertz CT molecular complexity index is 855. The smallest absolute Gasteiger partial charge is 0.242 e. The van der Waals surface area contributed by atoms with Crippen LogP contribution in [0.15, 0.2) is 49.1 Å². The lowest BCUT2D eigenvalue weighted by atomic mass is 10.00. The summed E-state index contributed by atoms with van der Waals surface area (Å²) in [5.74, 6) is -0.0293. The minimum absolute atomic E-state index is 0.0293. The van der Waals surface area contributed by atoms with Crippen molar-refractivity contribution in [2.45, 2.75) is 19.5 Å². The quantitative estimate of drug-likeness (QED) is 0.780. The highest BCUT2D eigenvalue weighted by Gasteiger charge is 2.24. The van der Waals surface area contributed by atoms with Gasteiger partial charge < -0.3 is 5.32 Å². The van der Waals surface area contributed by atoms with E-state index in [0.717, 1.165) is 22.5 Å². The van der Waals surface area contributed by atoms with Gasteiger partial charge in [0.1, 0.15) is 6.04 Å². The molecule has 0 aliphatic rings. The molecule has 0 spiro atoms. The van der Waals surface area contributed by atoms with Gasteiger partial charge in [0, 0.05) is 12.4 Å². The van der Waals surface area contributed by atoms with Crippen LogP contribution in [0.2, 0.25) is 0 Å². The largest absolute Gasteiger partial charge is 0.349 e. The second kappa shape index (κ2) is 6.80. The number of carbonyl (C=O) groups is 1.